The molecule has 1 aromatic carbocycles. The van der Waals surface area contributed by atoms with E-state index in [9.17, 15) is 0 Å². The number of halogens is 1. The molecule has 0 amide bonds. The van der Waals surface area contributed by atoms with Gasteiger partial charge in [0.1, 0.15) is 0 Å². The van der Waals surface area contributed by atoms with Crippen molar-refractivity contribution in [1.29, 1.82) is 0 Å². The fraction of sp³-hybridized carbons (Fsp3) is 0.600. The molecule has 1 aliphatic carbocycles. The van der Waals surface area contributed by atoms with Crippen molar-refractivity contribution in [2.75, 3.05) is 18.0 Å². The van der Waals surface area contributed by atoms with Crippen LogP contribution in [-0.2, 0) is 0 Å². The lowest BCUT2D eigenvalue weighted by Crippen LogP contribution is -2.43. The maximum Gasteiger partial charge on any atom is 0.0426 e. The predicted molar refractivity (Wildman–Crippen MR) is 77.6 cm³/mol. The molecule has 0 aromatic heterocycles. The van der Waals surface area contributed by atoms with E-state index >= 15 is 0 Å². The van der Waals surface area contributed by atoms with Crippen LogP contribution in [0.2, 0.25) is 5.02 Å². The summed E-state index contributed by atoms with van der Waals surface area (Å²) in [5, 5.41) is 4.58. The maximum atomic E-state index is 6.10. The molecular formula is C15H21ClN2. The average molecular weight is 265 g/mol. The Labute approximate surface area is 114 Å². The lowest BCUT2D eigenvalue weighted by atomic mass is 10.0. The molecule has 3 heteroatoms. The van der Waals surface area contributed by atoms with Gasteiger partial charge in [-0.05, 0) is 50.3 Å². The van der Waals surface area contributed by atoms with Crippen molar-refractivity contribution in [3.63, 3.8) is 0 Å². The molecule has 1 saturated heterocycles. The van der Waals surface area contributed by atoms with Crippen molar-refractivity contribution in [2.45, 2.75) is 44.7 Å². The third kappa shape index (κ3) is 2.81. The highest BCUT2D eigenvalue weighted by molar-refractivity contribution is 6.30. The van der Waals surface area contributed by atoms with Crippen LogP contribution in [0.5, 0.6) is 0 Å². The zero-order valence-corrected chi connectivity index (χ0v) is 11.7. The second-order valence-electron chi connectivity index (χ2n) is 5.63. The van der Waals surface area contributed by atoms with Gasteiger partial charge in [0.25, 0.3) is 0 Å². The van der Waals surface area contributed by atoms with Gasteiger partial charge in [0, 0.05) is 35.9 Å². The van der Waals surface area contributed by atoms with E-state index in [0.717, 1.165) is 30.2 Å². The molecule has 2 fully saturated rings. The molecule has 2 aliphatic rings. The van der Waals surface area contributed by atoms with Gasteiger partial charge in [-0.15, -0.1) is 0 Å². The number of anilines is 1. The van der Waals surface area contributed by atoms with Crippen molar-refractivity contribution < 1.29 is 0 Å². The van der Waals surface area contributed by atoms with Crippen LogP contribution in [0.1, 0.15) is 31.2 Å². The summed E-state index contributed by atoms with van der Waals surface area (Å²) in [7, 11) is 0. The van der Waals surface area contributed by atoms with Crippen LogP contribution in [0.3, 0.4) is 0 Å². The zero-order valence-electron chi connectivity index (χ0n) is 11.0. The van der Waals surface area contributed by atoms with E-state index in [1.807, 2.05) is 6.07 Å². The minimum absolute atomic E-state index is 0.730. The quantitative estimate of drug-likeness (QED) is 0.901. The molecule has 1 aromatic rings. The number of hydrogen-bond acceptors (Lipinski definition) is 2. The van der Waals surface area contributed by atoms with Crippen LogP contribution >= 0.6 is 11.6 Å². The zero-order chi connectivity index (χ0) is 12.5. The topological polar surface area (TPSA) is 15.3 Å². The van der Waals surface area contributed by atoms with Crippen LogP contribution in [0.25, 0.3) is 0 Å². The monoisotopic (exact) mass is 264 g/mol. The summed E-state index contributed by atoms with van der Waals surface area (Å²) in [5.41, 5.74) is 2.64. The Balaban J connectivity index is 1.62. The average Bonchev–Trinajstić information content (AvgIpc) is 3.17. The lowest BCUT2D eigenvalue weighted by Gasteiger charge is -2.35. The van der Waals surface area contributed by atoms with Crippen molar-refractivity contribution in [1.82, 2.24) is 5.32 Å². The highest BCUT2D eigenvalue weighted by Crippen LogP contribution is 2.28. The number of nitrogens with one attached hydrogen (secondary N) is 1. The molecule has 0 spiro atoms. The summed E-state index contributed by atoms with van der Waals surface area (Å²) < 4.78 is 0. The third-order valence-electron chi connectivity index (χ3n) is 4.06. The van der Waals surface area contributed by atoms with E-state index in [-0.39, 0.29) is 0 Å². The van der Waals surface area contributed by atoms with Gasteiger partial charge < -0.3 is 10.2 Å². The van der Waals surface area contributed by atoms with Crippen molar-refractivity contribution in [3.05, 3.63) is 28.8 Å². The van der Waals surface area contributed by atoms with E-state index in [1.165, 1.54) is 36.9 Å². The Bertz CT molecular complexity index is 421. The van der Waals surface area contributed by atoms with E-state index in [1.54, 1.807) is 0 Å². The Morgan fingerprint density at radius 3 is 2.44 bits per heavy atom. The number of nitrogens with zero attached hydrogens (tertiary/aromatic N) is 1. The Hall–Kier alpha value is -0.730. The SMILES string of the molecule is Cc1ccc(Cl)cc1N1CCC(NC2CC2)CC1. The first-order valence-electron chi connectivity index (χ1n) is 6.99. The Morgan fingerprint density at radius 1 is 1.11 bits per heavy atom. The van der Waals surface area contributed by atoms with Gasteiger partial charge in [0.15, 0.2) is 0 Å². The number of hydrogen-bond donors (Lipinski definition) is 1. The normalized spacial score (nSPS) is 21.3. The number of piperidine rings is 1. The van der Waals surface area contributed by atoms with E-state index in [0.29, 0.717) is 0 Å². The first-order chi connectivity index (χ1) is 8.72. The molecule has 0 bridgehead atoms. The number of aryl methyl sites for hydroxylation is 1. The molecule has 98 valence electrons. The van der Waals surface area contributed by atoms with E-state index in [2.05, 4.69) is 29.3 Å². The van der Waals surface area contributed by atoms with Crippen LogP contribution < -0.4 is 10.2 Å². The molecule has 1 N–H and O–H groups in total. The molecule has 0 unspecified atom stereocenters. The second kappa shape index (κ2) is 5.10. The molecule has 0 atom stereocenters. The van der Waals surface area contributed by atoms with Gasteiger partial charge in [-0.1, -0.05) is 17.7 Å². The first-order valence-corrected chi connectivity index (χ1v) is 7.37. The molecular weight excluding hydrogens is 244 g/mol. The fourth-order valence-corrected chi connectivity index (χ4v) is 2.96. The third-order valence-corrected chi connectivity index (χ3v) is 4.29. The molecule has 1 heterocycles. The summed E-state index contributed by atoms with van der Waals surface area (Å²) in [6, 6.07) is 7.75. The van der Waals surface area contributed by atoms with Crippen molar-refractivity contribution in [2.24, 2.45) is 0 Å². The summed E-state index contributed by atoms with van der Waals surface area (Å²) in [6.07, 6.45) is 5.27. The van der Waals surface area contributed by atoms with Gasteiger partial charge in [-0.25, -0.2) is 0 Å². The summed E-state index contributed by atoms with van der Waals surface area (Å²) in [6.45, 7) is 4.46. The van der Waals surface area contributed by atoms with Gasteiger partial charge in [-0.3, -0.25) is 0 Å². The Morgan fingerprint density at radius 2 is 1.78 bits per heavy atom. The first kappa shape index (κ1) is 12.3. The smallest absolute Gasteiger partial charge is 0.0426 e. The van der Waals surface area contributed by atoms with Crippen molar-refractivity contribution in [3.8, 4) is 0 Å². The van der Waals surface area contributed by atoms with E-state index < -0.39 is 0 Å². The predicted octanol–water partition coefficient (Wildman–Crippen LogP) is 3.37. The van der Waals surface area contributed by atoms with Gasteiger partial charge in [0.2, 0.25) is 0 Å². The number of benzene rings is 1. The summed E-state index contributed by atoms with van der Waals surface area (Å²) in [4.78, 5) is 2.48. The van der Waals surface area contributed by atoms with Crippen LogP contribution in [-0.4, -0.2) is 25.2 Å². The van der Waals surface area contributed by atoms with Crippen LogP contribution in [0.15, 0.2) is 18.2 Å². The molecule has 1 saturated carbocycles. The molecule has 18 heavy (non-hydrogen) atoms. The van der Waals surface area contributed by atoms with Crippen molar-refractivity contribution >= 4 is 17.3 Å². The largest absolute Gasteiger partial charge is 0.371 e. The minimum Gasteiger partial charge on any atom is -0.371 e. The van der Waals surface area contributed by atoms with Gasteiger partial charge in [0.05, 0.1) is 0 Å². The highest BCUT2D eigenvalue weighted by Gasteiger charge is 2.27. The summed E-state index contributed by atoms with van der Waals surface area (Å²) >= 11 is 6.10. The van der Waals surface area contributed by atoms with E-state index in [4.69, 9.17) is 11.6 Å². The van der Waals surface area contributed by atoms with Crippen LogP contribution in [0, 0.1) is 6.92 Å². The standard InChI is InChI=1S/C15H21ClN2/c1-11-2-3-12(16)10-15(11)18-8-6-14(7-9-18)17-13-4-5-13/h2-3,10,13-14,17H,4-9H2,1H3. The highest BCUT2D eigenvalue weighted by atomic mass is 35.5. The Kier molecular flexibility index (Phi) is 3.49. The molecule has 3 rings (SSSR count). The van der Waals surface area contributed by atoms with Gasteiger partial charge in [-0.2, -0.15) is 0 Å². The number of rotatable bonds is 3. The minimum atomic E-state index is 0.730. The molecule has 0 radical (unpaired) electrons. The maximum absolute atomic E-state index is 6.10. The summed E-state index contributed by atoms with van der Waals surface area (Å²) in [5.74, 6) is 0. The lowest BCUT2D eigenvalue weighted by molar-refractivity contribution is 0.412. The second-order valence-corrected chi connectivity index (χ2v) is 6.07. The fourth-order valence-electron chi connectivity index (χ4n) is 2.79. The molecule has 2 nitrogen and oxygen atoms in total. The van der Waals surface area contributed by atoms with Gasteiger partial charge >= 0.3 is 0 Å². The van der Waals surface area contributed by atoms with Crippen LogP contribution in [0.4, 0.5) is 5.69 Å². The molecule has 1 aliphatic heterocycles.